The van der Waals surface area contributed by atoms with Crippen molar-refractivity contribution in [3.63, 3.8) is 0 Å². The summed E-state index contributed by atoms with van der Waals surface area (Å²) in [5, 5.41) is 9.74. The van der Waals surface area contributed by atoms with E-state index in [2.05, 4.69) is 6.92 Å². The van der Waals surface area contributed by atoms with Crippen molar-refractivity contribution in [2.24, 2.45) is 17.8 Å². The highest BCUT2D eigenvalue weighted by Gasteiger charge is 2.36. The van der Waals surface area contributed by atoms with Crippen LogP contribution in [0.25, 0.3) is 10.8 Å². The van der Waals surface area contributed by atoms with Gasteiger partial charge in [-0.25, -0.2) is 13.6 Å². The summed E-state index contributed by atoms with van der Waals surface area (Å²) in [6.07, 6.45) is 12.4. The number of aromatic carboxylic acids is 1. The highest BCUT2D eigenvalue weighted by molar-refractivity contribution is 5.95. The van der Waals surface area contributed by atoms with Crippen LogP contribution in [-0.4, -0.2) is 11.1 Å². The summed E-state index contributed by atoms with van der Waals surface area (Å²) in [4.78, 5) is 11.2. The number of fused-ring (bicyclic) bond motifs is 2. The first kappa shape index (κ1) is 21.3. The zero-order valence-corrected chi connectivity index (χ0v) is 17.8. The van der Waals surface area contributed by atoms with Crippen LogP contribution in [0.5, 0.6) is 0 Å². The van der Waals surface area contributed by atoms with Crippen molar-refractivity contribution >= 4 is 16.7 Å². The van der Waals surface area contributed by atoms with Gasteiger partial charge in [0.1, 0.15) is 11.6 Å². The molecule has 162 valence electrons. The molecule has 0 saturated heterocycles. The molecule has 1 N–H and O–H groups in total. The first-order chi connectivity index (χ1) is 14.5. The minimum absolute atomic E-state index is 0.0532. The molecule has 0 aromatic heterocycles. The third kappa shape index (κ3) is 4.24. The lowest BCUT2D eigenvalue weighted by Gasteiger charge is -2.42. The van der Waals surface area contributed by atoms with Crippen molar-refractivity contribution in [2.45, 2.75) is 77.0 Å². The van der Waals surface area contributed by atoms with Gasteiger partial charge in [-0.3, -0.25) is 0 Å². The molecule has 4 unspecified atom stereocenters. The molecule has 30 heavy (non-hydrogen) atoms. The second-order valence-corrected chi connectivity index (χ2v) is 9.53. The van der Waals surface area contributed by atoms with Gasteiger partial charge >= 0.3 is 5.97 Å². The topological polar surface area (TPSA) is 37.3 Å². The lowest BCUT2D eigenvalue weighted by molar-refractivity contribution is 0.0692. The highest BCUT2D eigenvalue weighted by Crippen LogP contribution is 2.49. The predicted molar refractivity (Wildman–Crippen MR) is 116 cm³/mol. The zero-order chi connectivity index (χ0) is 21.3. The Bertz CT molecular complexity index is 923. The summed E-state index contributed by atoms with van der Waals surface area (Å²) in [6, 6.07) is 5.82. The minimum atomic E-state index is -1.33. The van der Waals surface area contributed by atoms with E-state index < -0.39 is 23.2 Å². The molecule has 0 spiro atoms. The summed E-state index contributed by atoms with van der Waals surface area (Å²) >= 11 is 0. The molecule has 4 heteroatoms. The monoisotopic (exact) mass is 414 g/mol. The van der Waals surface area contributed by atoms with Crippen LogP contribution in [0.1, 0.15) is 93.0 Å². The van der Waals surface area contributed by atoms with E-state index >= 15 is 0 Å². The van der Waals surface area contributed by atoms with Crippen LogP contribution in [-0.2, 0) is 0 Å². The maximum absolute atomic E-state index is 15.0. The molecule has 4 rings (SSSR count). The smallest absolute Gasteiger partial charge is 0.338 e. The van der Waals surface area contributed by atoms with E-state index in [9.17, 15) is 13.6 Å². The van der Waals surface area contributed by atoms with E-state index in [1.54, 1.807) is 12.1 Å². The highest BCUT2D eigenvalue weighted by atomic mass is 19.1. The fraction of sp³-hybridized carbons (Fsp3) is 0.577. The quantitative estimate of drug-likeness (QED) is 0.492. The van der Waals surface area contributed by atoms with Crippen LogP contribution in [0.15, 0.2) is 24.3 Å². The summed E-state index contributed by atoms with van der Waals surface area (Å²) in [5.74, 6) is -0.0838. The van der Waals surface area contributed by atoms with E-state index in [4.69, 9.17) is 5.11 Å². The molecule has 2 aromatic carbocycles. The van der Waals surface area contributed by atoms with Crippen LogP contribution < -0.4 is 0 Å². The van der Waals surface area contributed by atoms with Crippen LogP contribution in [0, 0.1) is 29.4 Å². The maximum atomic E-state index is 15.0. The van der Waals surface area contributed by atoms with Gasteiger partial charge in [-0.1, -0.05) is 45.1 Å². The predicted octanol–water partition coefficient (Wildman–Crippen LogP) is 7.70. The fourth-order valence-corrected chi connectivity index (χ4v) is 6.02. The number of carboxylic acid groups (broad SMARTS) is 1. The van der Waals surface area contributed by atoms with Crippen LogP contribution in [0.3, 0.4) is 0 Å². The molecule has 4 atom stereocenters. The molecule has 0 radical (unpaired) electrons. The van der Waals surface area contributed by atoms with Gasteiger partial charge in [0.2, 0.25) is 0 Å². The standard InChI is InChI=1S/C26H32F2O2/c1-2-3-4-5-16-6-7-18-13-19(9-8-17(18)12-16)22-14-20-10-11-21(26(29)30)25(28)23(20)15-24(22)27/h10-11,14-19H,2-9,12-13H2,1H3,(H,29,30). The number of carboxylic acids is 1. The Morgan fingerprint density at radius 1 is 1.03 bits per heavy atom. The largest absolute Gasteiger partial charge is 0.478 e. The molecule has 0 aliphatic heterocycles. The molecule has 0 amide bonds. The van der Waals surface area contributed by atoms with Crippen LogP contribution in [0.4, 0.5) is 8.78 Å². The molecule has 2 aliphatic rings. The third-order valence-corrected chi connectivity index (χ3v) is 7.68. The molecule has 2 fully saturated rings. The van der Waals surface area contributed by atoms with Crippen molar-refractivity contribution in [3.05, 3.63) is 47.0 Å². The molecular weight excluding hydrogens is 382 g/mol. The maximum Gasteiger partial charge on any atom is 0.338 e. The van der Waals surface area contributed by atoms with Gasteiger partial charge in [-0.05, 0) is 84.9 Å². The van der Waals surface area contributed by atoms with Gasteiger partial charge in [0, 0.05) is 5.39 Å². The summed E-state index contributed by atoms with van der Waals surface area (Å²) in [7, 11) is 0. The molecule has 2 saturated carbocycles. The number of carbonyl (C=O) groups is 1. The Hall–Kier alpha value is -1.97. The second kappa shape index (κ2) is 9.03. The van der Waals surface area contributed by atoms with Crippen LogP contribution in [0.2, 0.25) is 0 Å². The average molecular weight is 415 g/mol. The van der Waals surface area contributed by atoms with Crippen molar-refractivity contribution in [2.75, 3.05) is 0 Å². The average Bonchev–Trinajstić information content (AvgIpc) is 2.73. The molecule has 2 aromatic rings. The van der Waals surface area contributed by atoms with Crippen molar-refractivity contribution < 1.29 is 18.7 Å². The zero-order valence-electron chi connectivity index (χ0n) is 17.8. The molecule has 0 heterocycles. The van der Waals surface area contributed by atoms with E-state index in [1.807, 2.05) is 0 Å². The van der Waals surface area contributed by atoms with Gasteiger partial charge < -0.3 is 5.11 Å². The summed E-state index contributed by atoms with van der Waals surface area (Å²) in [5.41, 5.74) is 0.263. The molecule has 2 aliphatic carbocycles. The normalized spacial score (nSPS) is 26.5. The van der Waals surface area contributed by atoms with E-state index in [0.717, 1.165) is 31.1 Å². The number of benzene rings is 2. The first-order valence-electron chi connectivity index (χ1n) is 11.6. The lowest BCUT2D eigenvalue weighted by Crippen LogP contribution is -2.30. The van der Waals surface area contributed by atoms with Gasteiger partial charge in [0.05, 0.1) is 5.56 Å². The Kier molecular flexibility index (Phi) is 6.40. The van der Waals surface area contributed by atoms with Gasteiger partial charge in [-0.15, -0.1) is 0 Å². The minimum Gasteiger partial charge on any atom is -0.478 e. The summed E-state index contributed by atoms with van der Waals surface area (Å²) < 4.78 is 29.5. The van der Waals surface area contributed by atoms with E-state index in [0.29, 0.717) is 16.9 Å². The molecular formula is C26H32F2O2. The first-order valence-corrected chi connectivity index (χ1v) is 11.6. The number of unbranched alkanes of at least 4 members (excludes halogenated alkanes) is 2. The number of rotatable bonds is 6. The third-order valence-electron chi connectivity index (χ3n) is 7.68. The Balaban J connectivity index is 1.49. The Morgan fingerprint density at radius 2 is 1.80 bits per heavy atom. The molecule has 0 bridgehead atoms. The van der Waals surface area contributed by atoms with E-state index in [1.165, 1.54) is 57.1 Å². The Morgan fingerprint density at radius 3 is 2.57 bits per heavy atom. The molecule has 2 nitrogen and oxygen atoms in total. The Labute approximate surface area is 177 Å². The number of halogens is 2. The van der Waals surface area contributed by atoms with Crippen molar-refractivity contribution in [3.8, 4) is 0 Å². The van der Waals surface area contributed by atoms with Gasteiger partial charge in [-0.2, -0.15) is 0 Å². The SMILES string of the molecule is CCCCCC1CCC2CC(c3cc4ccc(C(=O)O)c(F)c4cc3F)CCC2C1. The van der Waals surface area contributed by atoms with Gasteiger partial charge in [0.25, 0.3) is 0 Å². The number of hydrogen-bond acceptors (Lipinski definition) is 1. The van der Waals surface area contributed by atoms with Crippen molar-refractivity contribution in [1.82, 2.24) is 0 Å². The summed E-state index contributed by atoms with van der Waals surface area (Å²) in [6.45, 7) is 2.25. The lowest BCUT2D eigenvalue weighted by atomic mass is 9.63. The van der Waals surface area contributed by atoms with E-state index in [-0.39, 0.29) is 11.3 Å². The van der Waals surface area contributed by atoms with Crippen molar-refractivity contribution in [1.29, 1.82) is 0 Å². The fourth-order valence-electron chi connectivity index (χ4n) is 6.02. The second-order valence-electron chi connectivity index (χ2n) is 9.53. The number of hydrogen-bond donors (Lipinski definition) is 1. The van der Waals surface area contributed by atoms with Gasteiger partial charge in [0.15, 0.2) is 0 Å². The van der Waals surface area contributed by atoms with Crippen LogP contribution >= 0.6 is 0 Å².